The number of rotatable bonds is 8. The molecular weight excluding hydrogens is 296 g/mol. The number of hydrogen-bond acceptors (Lipinski definition) is 2. The van der Waals surface area contributed by atoms with Gasteiger partial charge in [0.15, 0.2) is 0 Å². The van der Waals surface area contributed by atoms with Crippen molar-refractivity contribution in [1.82, 2.24) is 0 Å². The molecule has 0 radical (unpaired) electrons. The van der Waals surface area contributed by atoms with Crippen molar-refractivity contribution in [2.24, 2.45) is 0 Å². The molecule has 3 rings (SSSR count). The van der Waals surface area contributed by atoms with E-state index in [1.54, 1.807) is 0 Å². The predicted molar refractivity (Wildman–Crippen MR) is 100 cm³/mol. The fraction of sp³-hybridized carbons (Fsp3) is 0.273. The monoisotopic (exact) mass is 320 g/mol. The van der Waals surface area contributed by atoms with E-state index in [0.717, 1.165) is 54.4 Å². The molecule has 1 N–H and O–H groups in total. The number of benzene rings is 2. The largest absolute Gasteiger partial charge is 0.456 e. The van der Waals surface area contributed by atoms with Crippen molar-refractivity contribution in [3.63, 3.8) is 0 Å². The third-order valence-electron chi connectivity index (χ3n) is 4.17. The summed E-state index contributed by atoms with van der Waals surface area (Å²) in [5.74, 6) is 0.926. The highest BCUT2D eigenvalue weighted by atomic mass is 16.3. The Morgan fingerprint density at radius 1 is 0.875 bits per heavy atom. The Kier molecular flexibility index (Phi) is 5.86. The van der Waals surface area contributed by atoms with Crippen molar-refractivity contribution in [3.8, 4) is 11.3 Å². The summed E-state index contributed by atoms with van der Waals surface area (Å²) in [6.45, 7) is 0.276. The Bertz CT molecular complexity index is 784. The molecular formula is C22H24O2. The van der Waals surface area contributed by atoms with Crippen LogP contribution in [0.15, 0.2) is 71.2 Å². The second-order valence-corrected chi connectivity index (χ2v) is 6.08. The Balaban J connectivity index is 1.61. The fourth-order valence-corrected chi connectivity index (χ4v) is 2.84. The Labute approximate surface area is 143 Å². The van der Waals surface area contributed by atoms with Crippen LogP contribution < -0.4 is 0 Å². The maximum atomic E-state index is 8.74. The minimum atomic E-state index is 0.276. The van der Waals surface area contributed by atoms with Gasteiger partial charge in [0.2, 0.25) is 0 Å². The minimum Gasteiger partial charge on any atom is -0.456 e. The molecule has 0 fully saturated rings. The normalized spacial score (nSPS) is 11.5. The first-order chi connectivity index (χ1) is 11.9. The molecule has 0 bridgehead atoms. The van der Waals surface area contributed by atoms with Gasteiger partial charge in [0.1, 0.15) is 11.3 Å². The molecule has 0 aliphatic heterocycles. The lowest BCUT2D eigenvalue weighted by Gasteiger charge is -1.99. The van der Waals surface area contributed by atoms with Gasteiger partial charge in [-0.15, -0.1) is 0 Å². The maximum absolute atomic E-state index is 8.74. The van der Waals surface area contributed by atoms with Gasteiger partial charge in [0, 0.05) is 17.6 Å². The minimum absolute atomic E-state index is 0.276. The first-order valence-electron chi connectivity index (χ1n) is 8.70. The van der Waals surface area contributed by atoms with Gasteiger partial charge in [-0.05, 0) is 49.8 Å². The zero-order valence-electron chi connectivity index (χ0n) is 13.9. The zero-order chi connectivity index (χ0) is 16.6. The lowest BCUT2D eigenvalue weighted by atomic mass is 10.1. The van der Waals surface area contributed by atoms with Gasteiger partial charge in [-0.1, -0.05) is 54.6 Å². The Morgan fingerprint density at radius 2 is 1.67 bits per heavy atom. The molecule has 2 heteroatoms. The van der Waals surface area contributed by atoms with E-state index in [1.165, 1.54) is 5.56 Å². The smallest absolute Gasteiger partial charge is 0.135 e. The van der Waals surface area contributed by atoms with Crippen molar-refractivity contribution in [3.05, 3.63) is 72.3 Å². The van der Waals surface area contributed by atoms with Crippen LogP contribution in [0.4, 0.5) is 0 Å². The Morgan fingerprint density at radius 3 is 2.46 bits per heavy atom. The van der Waals surface area contributed by atoms with Crippen LogP contribution in [0, 0.1) is 0 Å². The number of allylic oxidation sites excluding steroid dienone is 2. The van der Waals surface area contributed by atoms with Crippen LogP contribution in [-0.2, 0) is 6.42 Å². The van der Waals surface area contributed by atoms with Crippen LogP contribution in [0.5, 0.6) is 0 Å². The molecule has 1 heterocycles. The van der Waals surface area contributed by atoms with Crippen LogP contribution in [0.2, 0.25) is 0 Å². The summed E-state index contributed by atoms with van der Waals surface area (Å²) in [4.78, 5) is 0. The number of unbranched alkanes of at least 4 members (excludes halogenated alkanes) is 2. The summed E-state index contributed by atoms with van der Waals surface area (Å²) in [6.07, 6.45) is 9.48. The van der Waals surface area contributed by atoms with Crippen LogP contribution >= 0.6 is 0 Å². The molecule has 0 spiro atoms. The second-order valence-electron chi connectivity index (χ2n) is 6.08. The van der Waals surface area contributed by atoms with Crippen molar-refractivity contribution >= 4 is 11.0 Å². The lowest BCUT2D eigenvalue weighted by molar-refractivity contribution is 0.289. The first kappa shape index (κ1) is 16.5. The number of aliphatic hydroxyl groups excluding tert-OH is 1. The van der Waals surface area contributed by atoms with Gasteiger partial charge in [-0.3, -0.25) is 0 Å². The van der Waals surface area contributed by atoms with Gasteiger partial charge in [0.05, 0.1) is 0 Å². The highest BCUT2D eigenvalue weighted by Crippen LogP contribution is 2.28. The number of aliphatic hydroxyl groups is 1. The molecule has 24 heavy (non-hydrogen) atoms. The molecule has 124 valence electrons. The summed E-state index contributed by atoms with van der Waals surface area (Å²) in [5, 5.41) is 9.89. The number of hydrogen-bond donors (Lipinski definition) is 1. The lowest BCUT2D eigenvalue weighted by Crippen LogP contribution is -1.84. The maximum Gasteiger partial charge on any atom is 0.135 e. The van der Waals surface area contributed by atoms with Crippen molar-refractivity contribution in [1.29, 1.82) is 0 Å². The SMILES string of the molecule is OCCC/C=C/CCCc1ccc2cc(-c3ccccc3)oc2c1. The molecule has 1 aromatic heterocycles. The zero-order valence-corrected chi connectivity index (χ0v) is 13.9. The van der Waals surface area contributed by atoms with E-state index >= 15 is 0 Å². The number of furan rings is 1. The van der Waals surface area contributed by atoms with Gasteiger partial charge < -0.3 is 9.52 Å². The summed E-state index contributed by atoms with van der Waals surface area (Å²) in [5.41, 5.74) is 3.40. The fourth-order valence-electron chi connectivity index (χ4n) is 2.84. The van der Waals surface area contributed by atoms with Gasteiger partial charge in [0.25, 0.3) is 0 Å². The topological polar surface area (TPSA) is 33.4 Å². The van der Waals surface area contributed by atoms with E-state index in [1.807, 2.05) is 18.2 Å². The summed E-state index contributed by atoms with van der Waals surface area (Å²) >= 11 is 0. The third kappa shape index (κ3) is 4.36. The molecule has 0 amide bonds. The number of fused-ring (bicyclic) bond motifs is 1. The van der Waals surface area contributed by atoms with Crippen molar-refractivity contribution in [2.45, 2.75) is 32.1 Å². The molecule has 0 atom stereocenters. The molecule has 2 aromatic carbocycles. The van der Waals surface area contributed by atoms with E-state index in [9.17, 15) is 0 Å². The van der Waals surface area contributed by atoms with E-state index < -0.39 is 0 Å². The third-order valence-corrected chi connectivity index (χ3v) is 4.17. The molecule has 2 nitrogen and oxygen atoms in total. The van der Waals surface area contributed by atoms with E-state index in [-0.39, 0.29) is 6.61 Å². The molecule has 0 aliphatic rings. The first-order valence-corrected chi connectivity index (χ1v) is 8.70. The molecule has 0 unspecified atom stereocenters. The van der Waals surface area contributed by atoms with Gasteiger partial charge in [-0.25, -0.2) is 0 Å². The Hall–Kier alpha value is -2.32. The number of aryl methyl sites for hydroxylation is 1. The molecule has 0 aliphatic carbocycles. The van der Waals surface area contributed by atoms with E-state index in [4.69, 9.17) is 9.52 Å². The molecule has 3 aromatic rings. The van der Waals surface area contributed by atoms with E-state index in [0.29, 0.717) is 0 Å². The van der Waals surface area contributed by atoms with Crippen LogP contribution in [-0.4, -0.2) is 11.7 Å². The average molecular weight is 320 g/mol. The van der Waals surface area contributed by atoms with Crippen molar-refractivity contribution in [2.75, 3.05) is 6.61 Å². The standard InChI is InChI=1S/C22H24O2/c23-15-9-4-2-1-3-6-10-18-13-14-20-17-22(24-21(20)16-18)19-11-7-5-8-12-19/h1-2,5,7-8,11-14,16-17,23H,3-4,6,9-10,15H2/b2-1+. The quantitative estimate of drug-likeness (QED) is 0.423. The van der Waals surface area contributed by atoms with Gasteiger partial charge >= 0.3 is 0 Å². The van der Waals surface area contributed by atoms with Crippen LogP contribution in [0.1, 0.15) is 31.2 Å². The highest BCUT2D eigenvalue weighted by molar-refractivity contribution is 5.83. The molecule has 0 saturated carbocycles. The predicted octanol–water partition coefficient (Wildman–Crippen LogP) is 5.75. The summed E-state index contributed by atoms with van der Waals surface area (Å²) in [7, 11) is 0. The van der Waals surface area contributed by atoms with Gasteiger partial charge in [-0.2, -0.15) is 0 Å². The van der Waals surface area contributed by atoms with Crippen LogP contribution in [0.25, 0.3) is 22.3 Å². The second kappa shape index (κ2) is 8.51. The van der Waals surface area contributed by atoms with Crippen LogP contribution in [0.3, 0.4) is 0 Å². The molecule has 0 saturated heterocycles. The summed E-state index contributed by atoms with van der Waals surface area (Å²) < 4.78 is 6.03. The summed E-state index contributed by atoms with van der Waals surface area (Å²) in [6, 6.07) is 18.8. The average Bonchev–Trinajstić information content (AvgIpc) is 3.05. The van der Waals surface area contributed by atoms with Crippen molar-refractivity contribution < 1.29 is 9.52 Å². The van der Waals surface area contributed by atoms with E-state index in [2.05, 4.69) is 48.6 Å². The highest BCUT2D eigenvalue weighted by Gasteiger charge is 2.06.